The van der Waals surface area contributed by atoms with E-state index in [1.807, 2.05) is 6.07 Å². The zero-order valence-electron chi connectivity index (χ0n) is 10.5. The first-order valence-electron chi connectivity index (χ1n) is 6.33. The van der Waals surface area contributed by atoms with Crippen LogP contribution in [0.5, 0.6) is 0 Å². The van der Waals surface area contributed by atoms with E-state index in [-0.39, 0.29) is 0 Å². The first-order valence-corrected chi connectivity index (χ1v) is 7.52. The fourth-order valence-electron chi connectivity index (χ4n) is 2.22. The van der Waals surface area contributed by atoms with Gasteiger partial charge < -0.3 is 5.73 Å². The van der Waals surface area contributed by atoms with Crippen LogP contribution in [0.25, 0.3) is 0 Å². The molecule has 17 heavy (non-hydrogen) atoms. The van der Waals surface area contributed by atoms with E-state index in [0.29, 0.717) is 18.6 Å². The topological polar surface area (TPSA) is 29.3 Å². The molecule has 0 spiro atoms. The van der Waals surface area contributed by atoms with Crippen molar-refractivity contribution >= 4 is 22.9 Å². The summed E-state index contributed by atoms with van der Waals surface area (Å²) in [4.78, 5) is 3.83. The van der Waals surface area contributed by atoms with Crippen molar-refractivity contribution in [3.63, 3.8) is 0 Å². The molecule has 1 aliphatic carbocycles. The van der Waals surface area contributed by atoms with Crippen LogP contribution in [0, 0.1) is 5.92 Å². The van der Waals surface area contributed by atoms with E-state index < -0.39 is 0 Å². The maximum atomic E-state index is 6.02. The molecule has 0 amide bonds. The second-order valence-electron chi connectivity index (χ2n) is 5.13. The van der Waals surface area contributed by atoms with Gasteiger partial charge in [0.1, 0.15) is 0 Å². The van der Waals surface area contributed by atoms with Gasteiger partial charge in [-0.3, -0.25) is 4.90 Å². The molecule has 1 unspecified atom stereocenters. The molecule has 0 aliphatic heterocycles. The van der Waals surface area contributed by atoms with E-state index in [1.54, 1.807) is 11.3 Å². The number of hydrogen-bond acceptors (Lipinski definition) is 3. The van der Waals surface area contributed by atoms with Gasteiger partial charge in [0.25, 0.3) is 0 Å². The Balaban J connectivity index is 2.12. The van der Waals surface area contributed by atoms with Crippen LogP contribution in [0.2, 0.25) is 4.34 Å². The van der Waals surface area contributed by atoms with Gasteiger partial charge in [-0.15, -0.1) is 11.3 Å². The smallest absolute Gasteiger partial charge is 0.0931 e. The minimum absolute atomic E-state index is 0.327. The van der Waals surface area contributed by atoms with Crippen LogP contribution in [-0.4, -0.2) is 24.0 Å². The molecule has 1 fully saturated rings. The van der Waals surface area contributed by atoms with Crippen LogP contribution in [0.4, 0.5) is 0 Å². The van der Waals surface area contributed by atoms with Crippen molar-refractivity contribution in [2.75, 3.05) is 13.1 Å². The lowest BCUT2D eigenvalue weighted by Gasteiger charge is -2.33. The fraction of sp³-hybridized carbons (Fsp3) is 0.692. The summed E-state index contributed by atoms with van der Waals surface area (Å²) in [6.45, 7) is 6.34. The highest BCUT2D eigenvalue weighted by molar-refractivity contribution is 7.16. The number of nitrogens with zero attached hydrogens (tertiary/aromatic N) is 1. The summed E-state index contributed by atoms with van der Waals surface area (Å²) >= 11 is 7.68. The SMILES string of the molecule is CC(C)N(CC1CC1)C(CN)c1ccc(Cl)s1. The molecular formula is C13H21ClN2S. The standard InChI is InChI=1S/C13H21ClN2S/c1-9(2)16(8-10-3-4-10)11(7-15)12-5-6-13(14)17-12/h5-6,9-11H,3-4,7-8,15H2,1-2H3. The largest absolute Gasteiger partial charge is 0.329 e. The molecule has 1 saturated carbocycles. The average molecular weight is 273 g/mol. The van der Waals surface area contributed by atoms with Gasteiger partial charge in [0.15, 0.2) is 0 Å². The summed E-state index contributed by atoms with van der Waals surface area (Å²) in [7, 11) is 0. The molecule has 0 saturated heterocycles. The third-order valence-electron chi connectivity index (χ3n) is 3.38. The molecule has 4 heteroatoms. The lowest BCUT2D eigenvalue weighted by Crippen LogP contribution is -2.39. The zero-order valence-corrected chi connectivity index (χ0v) is 12.1. The molecule has 0 radical (unpaired) electrons. The first-order chi connectivity index (χ1) is 8.11. The number of halogens is 1. The summed E-state index contributed by atoms with van der Waals surface area (Å²) < 4.78 is 0.855. The Morgan fingerprint density at radius 2 is 2.18 bits per heavy atom. The van der Waals surface area contributed by atoms with Crippen molar-refractivity contribution in [3.8, 4) is 0 Å². The van der Waals surface area contributed by atoms with E-state index in [0.717, 1.165) is 10.3 Å². The molecule has 2 rings (SSSR count). The quantitative estimate of drug-likeness (QED) is 0.859. The number of hydrogen-bond donors (Lipinski definition) is 1. The Hall–Kier alpha value is -0.0900. The Kier molecular flexibility index (Phi) is 4.47. The Morgan fingerprint density at radius 3 is 2.59 bits per heavy atom. The van der Waals surface area contributed by atoms with Gasteiger partial charge in [-0.2, -0.15) is 0 Å². The molecule has 0 bridgehead atoms. The van der Waals surface area contributed by atoms with Crippen molar-refractivity contribution in [1.82, 2.24) is 4.90 Å². The van der Waals surface area contributed by atoms with Gasteiger partial charge >= 0.3 is 0 Å². The molecule has 0 aromatic carbocycles. The first kappa shape index (κ1) is 13.3. The van der Waals surface area contributed by atoms with E-state index in [4.69, 9.17) is 17.3 Å². The van der Waals surface area contributed by atoms with Gasteiger partial charge in [0.05, 0.1) is 10.4 Å². The van der Waals surface area contributed by atoms with Crippen LogP contribution in [0.15, 0.2) is 12.1 Å². The minimum Gasteiger partial charge on any atom is -0.329 e. The molecule has 1 atom stereocenters. The average Bonchev–Trinajstić information content (AvgIpc) is 3.00. The third-order valence-corrected chi connectivity index (χ3v) is 4.71. The molecule has 1 aromatic rings. The predicted octanol–water partition coefficient (Wildman–Crippen LogP) is 3.52. The second-order valence-corrected chi connectivity index (χ2v) is 6.87. The van der Waals surface area contributed by atoms with E-state index in [9.17, 15) is 0 Å². The number of nitrogens with two attached hydrogens (primary N) is 1. The molecule has 2 N–H and O–H groups in total. The van der Waals surface area contributed by atoms with Crippen LogP contribution in [0.1, 0.15) is 37.6 Å². The van der Waals surface area contributed by atoms with Crippen LogP contribution in [0.3, 0.4) is 0 Å². The summed E-state index contributed by atoms with van der Waals surface area (Å²) in [5.41, 5.74) is 5.97. The maximum absolute atomic E-state index is 6.02. The molecule has 2 nitrogen and oxygen atoms in total. The number of rotatable bonds is 6. The molecule has 1 aromatic heterocycles. The van der Waals surface area contributed by atoms with E-state index >= 15 is 0 Å². The van der Waals surface area contributed by atoms with Crippen LogP contribution >= 0.6 is 22.9 Å². The Bertz CT molecular complexity index is 360. The van der Waals surface area contributed by atoms with Crippen molar-refractivity contribution < 1.29 is 0 Å². The van der Waals surface area contributed by atoms with E-state index in [2.05, 4.69) is 24.8 Å². The van der Waals surface area contributed by atoms with Crippen LogP contribution in [-0.2, 0) is 0 Å². The van der Waals surface area contributed by atoms with Gasteiger partial charge in [0.2, 0.25) is 0 Å². The van der Waals surface area contributed by atoms with Gasteiger partial charge in [-0.05, 0) is 44.7 Å². The Labute approximate surface area is 113 Å². The van der Waals surface area contributed by atoms with Crippen molar-refractivity contribution in [2.24, 2.45) is 11.7 Å². The molecular weight excluding hydrogens is 252 g/mol. The van der Waals surface area contributed by atoms with Gasteiger partial charge in [-0.1, -0.05) is 11.6 Å². The lowest BCUT2D eigenvalue weighted by atomic mass is 10.1. The highest BCUT2D eigenvalue weighted by Crippen LogP contribution is 2.36. The molecule has 1 heterocycles. The highest BCUT2D eigenvalue weighted by atomic mass is 35.5. The van der Waals surface area contributed by atoms with Gasteiger partial charge in [-0.25, -0.2) is 0 Å². The van der Waals surface area contributed by atoms with Crippen molar-refractivity contribution in [2.45, 2.75) is 38.8 Å². The fourth-order valence-corrected chi connectivity index (χ4v) is 3.41. The third kappa shape index (κ3) is 3.44. The summed E-state index contributed by atoms with van der Waals surface area (Å²) in [6.07, 6.45) is 2.76. The monoisotopic (exact) mass is 272 g/mol. The number of thiophene rings is 1. The highest BCUT2D eigenvalue weighted by Gasteiger charge is 2.30. The molecule has 1 aliphatic rings. The summed E-state index contributed by atoms with van der Waals surface area (Å²) in [5.74, 6) is 0.891. The van der Waals surface area contributed by atoms with Crippen molar-refractivity contribution in [3.05, 3.63) is 21.3 Å². The normalized spacial score (nSPS) is 18.0. The maximum Gasteiger partial charge on any atom is 0.0931 e. The summed E-state index contributed by atoms with van der Waals surface area (Å²) in [6, 6.07) is 4.95. The predicted molar refractivity (Wildman–Crippen MR) is 75.7 cm³/mol. The summed E-state index contributed by atoms with van der Waals surface area (Å²) in [5, 5.41) is 0. The Morgan fingerprint density at radius 1 is 1.47 bits per heavy atom. The van der Waals surface area contributed by atoms with Crippen LogP contribution < -0.4 is 5.73 Å². The van der Waals surface area contributed by atoms with E-state index in [1.165, 1.54) is 24.3 Å². The minimum atomic E-state index is 0.327. The second kappa shape index (κ2) is 5.70. The lowest BCUT2D eigenvalue weighted by molar-refractivity contribution is 0.152. The van der Waals surface area contributed by atoms with Gasteiger partial charge in [0, 0.05) is 24.0 Å². The van der Waals surface area contributed by atoms with Crippen molar-refractivity contribution in [1.29, 1.82) is 0 Å². The zero-order chi connectivity index (χ0) is 12.4. The molecule has 96 valence electrons.